The van der Waals surface area contributed by atoms with E-state index >= 15 is 0 Å². The number of aryl methyl sites for hydroxylation is 1. The van der Waals surface area contributed by atoms with Crippen LogP contribution in [0.1, 0.15) is 38.9 Å². The van der Waals surface area contributed by atoms with E-state index in [1.807, 2.05) is 30.1 Å². The SMILES string of the molecule is Cn1c(C2CC(=O)N(C(C)(C)C)C2)nc2ccccc21. The normalized spacial score (nSPS) is 20.1. The van der Waals surface area contributed by atoms with Crippen LogP contribution in [0.5, 0.6) is 0 Å². The Labute approximate surface area is 119 Å². The van der Waals surface area contributed by atoms with Crippen molar-refractivity contribution in [2.45, 2.75) is 38.6 Å². The second-order valence-electron chi connectivity index (χ2n) is 6.59. The molecular weight excluding hydrogens is 250 g/mol. The maximum absolute atomic E-state index is 12.2. The van der Waals surface area contributed by atoms with E-state index in [1.54, 1.807) is 0 Å². The molecule has 4 nitrogen and oxygen atoms in total. The van der Waals surface area contributed by atoms with Gasteiger partial charge in [0, 0.05) is 31.5 Å². The van der Waals surface area contributed by atoms with E-state index < -0.39 is 0 Å². The Morgan fingerprint density at radius 3 is 2.55 bits per heavy atom. The Morgan fingerprint density at radius 2 is 1.95 bits per heavy atom. The van der Waals surface area contributed by atoms with Crippen molar-refractivity contribution >= 4 is 16.9 Å². The molecule has 0 aliphatic carbocycles. The number of nitrogens with zero attached hydrogens (tertiary/aromatic N) is 3. The van der Waals surface area contributed by atoms with Crippen molar-refractivity contribution in [3.63, 3.8) is 0 Å². The van der Waals surface area contributed by atoms with Crippen LogP contribution < -0.4 is 0 Å². The summed E-state index contributed by atoms with van der Waals surface area (Å²) in [5.74, 6) is 1.44. The summed E-state index contributed by atoms with van der Waals surface area (Å²) in [7, 11) is 2.04. The van der Waals surface area contributed by atoms with Gasteiger partial charge in [0.2, 0.25) is 5.91 Å². The lowest BCUT2D eigenvalue weighted by Gasteiger charge is -2.32. The van der Waals surface area contributed by atoms with Crippen molar-refractivity contribution in [1.82, 2.24) is 14.5 Å². The quantitative estimate of drug-likeness (QED) is 0.800. The molecule has 1 atom stereocenters. The van der Waals surface area contributed by atoms with Gasteiger partial charge in [-0.1, -0.05) is 12.1 Å². The number of aromatic nitrogens is 2. The van der Waals surface area contributed by atoms with Crippen LogP contribution in [-0.4, -0.2) is 32.4 Å². The van der Waals surface area contributed by atoms with Crippen LogP contribution in [-0.2, 0) is 11.8 Å². The molecule has 0 spiro atoms. The largest absolute Gasteiger partial charge is 0.337 e. The first-order chi connectivity index (χ1) is 9.38. The molecule has 4 heteroatoms. The number of imidazole rings is 1. The lowest BCUT2D eigenvalue weighted by atomic mass is 10.1. The minimum atomic E-state index is -0.115. The Bertz CT molecular complexity index is 666. The van der Waals surface area contributed by atoms with Gasteiger partial charge in [-0.15, -0.1) is 0 Å². The highest BCUT2D eigenvalue weighted by Crippen LogP contribution is 2.33. The van der Waals surface area contributed by atoms with Gasteiger partial charge >= 0.3 is 0 Å². The highest BCUT2D eigenvalue weighted by atomic mass is 16.2. The average molecular weight is 271 g/mol. The minimum Gasteiger partial charge on any atom is -0.337 e. The van der Waals surface area contributed by atoms with Crippen molar-refractivity contribution in [3.05, 3.63) is 30.1 Å². The molecule has 3 rings (SSSR count). The molecule has 20 heavy (non-hydrogen) atoms. The van der Waals surface area contributed by atoms with Crippen LogP contribution in [0.15, 0.2) is 24.3 Å². The zero-order valence-electron chi connectivity index (χ0n) is 12.6. The lowest BCUT2D eigenvalue weighted by Crippen LogP contribution is -2.42. The van der Waals surface area contributed by atoms with E-state index in [4.69, 9.17) is 4.98 Å². The van der Waals surface area contributed by atoms with Crippen molar-refractivity contribution in [2.24, 2.45) is 7.05 Å². The van der Waals surface area contributed by atoms with E-state index in [-0.39, 0.29) is 17.4 Å². The summed E-state index contributed by atoms with van der Waals surface area (Å²) in [6.45, 7) is 7.02. The number of carbonyl (C=O) groups is 1. The van der Waals surface area contributed by atoms with E-state index in [0.29, 0.717) is 6.42 Å². The van der Waals surface area contributed by atoms with Gasteiger partial charge in [0.1, 0.15) is 5.82 Å². The Hall–Kier alpha value is -1.84. The molecule has 1 aliphatic heterocycles. The first kappa shape index (κ1) is 13.2. The third-order valence-corrected chi connectivity index (χ3v) is 4.12. The maximum atomic E-state index is 12.2. The van der Waals surface area contributed by atoms with Gasteiger partial charge in [-0.25, -0.2) is 4.98 Å². The molecule has 0 radical (unpaired) electrons. The van der Waals surface area contributed by atoms with E-state index in [0.717, 1.165) is 23.4 Å². The molecule has 1 aromatic heterocycles. The molecule has 0 N–H and O–H groups in total. The molecule has 1 aliphatic rings. The predicted octanol–water partition coefficient (Wildman–Crippen LogP) is 2.69. The third kappa shape index (κ3) is 1.99. The lowest BCUT2D eigenvalue weighted by molar-refractivity contribution is -0.131. The van der Waals surface area contributed by atoms with E-state index in [9.17, 15) is 4.79 Å². The van der Waals surface area contributed by atoms with Crippen LogP contribution >= 0.6 is 0 Å². The highest BCUT2D eigenvalue weighted by Gasteiger charge is 2.38. The number of hydrogen-bond donors (Lipinski definition) is 0. The number of likely N-dealkylation sites (tertiary alicyclic amines) is 1. The van der Waals surface area contributed by atoms with Crippen LogP contribution in [0.4, 0.5) is 0 Å². The average Bonchev–Trinajstić information content (AvgIpc) is 2.91. The van der Waals surface area contributed by atoms with Gasteiger partial charge in [-0.3, -0.25) is 4.79 Å². The zero-order valence-corrected chi connectivity index (χ0v) is 12.6. The van der Waals surface area contributed by atoms with Crippen molar-refractivity contribution in [3.8, 4) is 0 Å². The molecule has 1 saturated heterocycles. The van der Waals surface area contributed by atoms with Gasteiger partial charge in [-0.05, 0) is 32.9 Å². The first-order valence-corrected chi connectivity index (χ1v) is 7.10. The van der Waals surface area contributed by atoms with Gasteiger partial charge in [0.25, 0.3) is 0 Å². The molecule has 106 valence electrons. The minimum absolute atomic E-state index is 0.115. The predicted molar refractivity (Wildman–Crippen MR) is 79.5 cm³/mol. The smallest absolute Gasteiger partial charge is 0.223 e. The summed E-state index contributed by atoms with van der Waals surface area (Å²) >= 11 is 0. The number of rotatable bonds is 1. The van der Waals surface area contributed by atoms with Gasteiger partial charge < -0.3 is 9.47 Å². The molecule has 2 aromatic rings. The molecule has 1 aromatic carbocycles. The van der Waals surface area contributed by atoms with E-state index in [1.165, 1.54) is 0 Å². The monoisotopic (exact) mass is 271 g/mol. The Kier molecular flexibility index (Phi) is 2.85. The molecule has 1 amide bonds. The van der Waals surface area contributed by atoms with Gasteiger partial charge in [0.15, 0.2) is 0 Å². The molecule has 0 bridgehead atoms. The van der Waals surface area contributed by atoms with Crippen molar-refractivity contribution in [1.29, 1.82) is 0 Å². The van der Waals surface area contributed by atoms with Gasteiger partial charge in [0.05, 0.1) is 11.0 Å². The summed E-state index contributed by atoms with van der Waals surface area (Å²) in [6.07, 6.45) is 0.564. The summed E-state index contributed by atoms with van der Waals surface area (Å²) < 4.78 is 2.12. The number of benzene rings is 1. The molecule has 1 fully saturated rings. The second-order valence-corrected chi connectivity index (χ2v) is 6.59. The Morgan fingerprint density at radius 1 is 1.25 bits per heavy atom. The van der Waals surface area contributed by atoms with Crippen LogP contribution in [0.25, 0.3) is 11.0 Å². The number of hydrogen-bond acceptors (Lipinski definition) is 2. The fourth-order valence-electron chi connectivity index (χ4n) is 3.06. The topological polar surface area (TPSA) is 38.1 Å². The third-order valence-electron chi connectivity index (χ3n) is 4.12. The Balaban J connectivity index is 1.97. The van der Waals surface area contributed by atoms with Gasteiger partial charge in [-0.2, -0.15) is 0 Å². The molecular formula is C16H21N3O. The number of para-hydroxylation sites is 2. The second kappa shape index (κ2) is 4.33. The van der Waals surface area contributed by atoms with Crippen LogP contribution in [0.2, 0.25) is 0 Å². The molecule has 2 heterocycles. The molecule has 1 unspecified atom stereocenters. The fourth-order valence-corrected chi connectivity index (χ4v) is 3.06. The summed E-state index contributed by atoms with van der Waals surface area (Å²) in [5.41, 5.74) is 2.02. The van der Waals surface area contributed by atoms with Crippen molar-refractivity contribution < 1.29 is 4.79 Å². The highest BCUT2D eigenvalue weighted by molar-refractivity contribution is 5.81. The number of fused-ring (bicyclic) bond motifs is 1. The maximum Gasteiger partial charge on any atom is 0.223 e. The standard InChI is InChI=1S/C16H21N3O/c1-16(2,3)19-10-11(9-14(19)20)15-17-12-7-5-6-8-13(12)18(15)4/h5-8,11H,9-10H2,1-4H3. The summed E-state index contributed by atoms with van der Waals surface area (Å²) in [5, 5.41) is 0. The fraction of sp³-hybridized carbons (Fsp3) is 0.500. The van der Waals surface area contributed by atoms with Crippen LogP contribution in [0, 0.1) is 0 Å². The van der Waals surface area contributed by atoms with Crippen molar-refractivity contribution in [2.75, 3.05) is 6.54 Å². The first-order valence-electron chi connectivity index (χ1n) is 7.10. The van der Waals surface area contributed by atoms with E-state index in [2.05, 4.69) is 31.4 Å². The number of carbonyl (C=O) groups excluding carboxylic acids is 1. The molecule has 0 saturated carbocycles. The summed E-state index contributed by atoms with van der Waals surface area (Å²) in [4.78, 5) is 18.9. The zero-order chi connectivity index (χ0) is 14.5. The number of amides is 1. The van der Waals surface area contributed by atoms with Crippen LogP contribution in [0.3, 0.4) is 0 Å². The summed E-state index contributed by atoms with van der Waals surface area (Å²) in [6, 6.07) is 8.12.